The SMILES string of the molecule is CN=C(NCC1CCCCO1)NCC(C)(O)c1ccco1.I. The summed E-state index contributed by atoms with van der Waals surface area (Å²) in [6, 6.07) is 3.52. The number of hydrogen-bond donors (Lipinski definition) is 3. The molecule has 0 aromatic carbocycles. The zero-order valence-electron chi connectivity index (χ0n) is 13.2. The Hall–Kier alpha value is -0.800. The summed E-state index contributed by atoms with van der Waals surface area (Å²) in [7, 11) is 1.71. The molecule has 2 atom stereocenters. The van der Waals surface area contributed by atoms with Gasteiger partial charge in [0.15, 0.2) is 5.96 Å². The van der Waals surface area contributed by atoms with Crippen LogP contribution in [0.25, 0.3) is 0 Å². The molecule has 7 heteroatoms. The molecule has 0 amide bonds. The van der Waals surface area contributed by atoms with Crippen LogP contribution in [0.5, 0.6) is 0 Å². The fraction of sp³-hybridized carbons (Fsp3) is 0.667. The van der Waals surface area contributed by atoms with Gasteiger partial charge in [-0.25, -0.2) is 0 Å². The maximum atomic E-state index is 10.4. The van der Waals surface area contributed by atoms with Crippen molar-refractivity contribution in [1.29, 1.82) is 0 Å². The standard InChI is InChI=1S/C15H25N3O3.HI/c1-15(19,13-7-5-9-21-13)11-18-14(16-2)17-10-12-6-3-4-8-20-12;/h5,7,9,12,19H,3-4,6,8,10-11H2,1-2H3,(H2,16,17,18);1H. The molecule has 0 radical (unpaired) electrons. The number of aliphatic hydroxyl groups is 1. The van der Waals surface area contributed by atoms with E-state index in [0.29, 0.717) is 18.3 Å². The van der Waals surface area contributed by atoms with Gasteiger partial charge in [0.05, 0.1) is 18.9 Å². The van der Waals surface area contributed by atoms with Crippen LogP contribution in [0.1, 0.15) is 31.9 Å². The Balaban J connectivity index is 0.00000242. The lowest BCUT2D eigenvalue weighted by Gasteiger charge is -2.25. The zero-order valence-corrected chi connectivity index (χ0v) is 15.5. The Kier molecular flexibility index (Phi) is 8.19. The maximum absolute atomic E-state index is 10.4. The molecule has 22 heavy (non-hydrogen) atoms. The summed E-state index contributed by atoms with van der Waals surface area (Å²) in [5.74, 6) is 1.18. The lowest BCUT2D eigenvalue weighted by atomic mass is 10.0. The quantitative estimate of drug-likeness (QED) is 0.383. The Labute approximate surface area is 148 Å². The first-order valence-electron chi connectivity index (χ1n) is 7.44. The van der Waals surface area contributed by atoms with Crippen molar-refractivity contribution in [3.05, 3.63) is 24.2 Å². The molecule has 2 rings (SSSR count). The highest BCUT2D eigenvalue weighted by molar-refractivity contribution is 14.0. The van der Waals surface area contributed by atoms with Crippen LogP contribution in [0.2, 0.25) is 0 Å². The number of halogens is 1. The van der Waals surface area contributed by atoms with Crippen molar-refractivity contribution in [2.45, 2.75) is 37.9 Å². The summed E-state index contributed by atoms with van der Waals surface area (Å²) in [6.07, 6.45) is 5.23. The molecule has 0 aliphatic carbocycles. The van der Waals surface area contributed by atoms with Crippen LogP contribution in [0, 0.1) is 0 Å². The third kappa shape index (κ3) is 5.77. The molecule has 3 N–H and O–H groups in total. The number of hydrogen-bond acceptors (Lipinski definition) is 4. The minimum atomic E-state index is -1.08. The van der Waals surface area contributed by atoms with Gasteiger partial charge in [0.1, 0.15) is 11.4 Å². The molecular weight excluding hydrogens is 397 g/mol. The Bertz CT molecular complexity index is 443. The topological polar surface area (TPSA) is 79.0 Å². The van der Waals surface area contributed by atoms with Crippen molar-refractivity contribution in [2.24, 2.45) is 4.99 Å². The molecule has 1 aromatic rings. The number of ether oxygens (including phenoxy) is 1. The first kappa shape index (κ1) is 19.2. The third-order valence-electron chi connectivity index (χ3n) is 3.65. The van der Waals surface area contributed by atoms with Crippen LogP contribution in [-0.4, -0.2) is 43.9 Å². The molecule has 1 fully saturated rings. The van der Waals surface area contributed by atoms with Crippen molar-refractivity contribution in [3.8, 4) is 0 Å². The third-order valence-corrected chi connectivity index (χ3v) is 3.65. The second-order valence-electron chi connectivity index (χ2n) is 5.55. The highest BCUT2D eigenvalue weighted by atomic mass is 127. The lowest BCUT2D eigenvalue weighted by Crippen LogP contribution is -2.46. The van der Waals surface area contributed by atoms with Crippen molar-refractivity contribution in [2.75, 3.05) is 26.7 Å². The van der Waals surface area contributed by atoms with Crippen LogP contribution in [-0.2, 0) is 10.3 Å². The summed E-state index contributed by atoms with van der Waals surface area (Å²) in [5.41, 5.74) is -1.08. The smallest absolute Gasteiger partial charge is 0.191 e. The van der Waals surface area contributed by atoms with Gasteiger partial charge in [-0.2, -0.15) is 0 Å². The zero-order chi connectivity index (χ0) is 15.1. The van der Waals surface area contributed by atoms with E-state index in [1.165, 1.54) is 6.42 Å². The molecule has 2 unspecified atom stereocenters. The maximum Gasteiger partial charge on any atom is 0.191 e. The van der Waals surface area contributed by atoms with Gasteiger partial charge in [0.2, 0.25) is 0 Å². The molecule has 0 bridgehead atoms. The monoisotopic (exact) mass is 423 g/mol. The number of rotatable bonds is 5. The molecule has 1 aromatic heterocycles. The number of furan rings is 1. The summed E-state index contributed by atoms with van der Waals surface area (Å²) in [6.45, 7) is 3.58. The Morgan fingerprint density at radius 3 is 2.86 bits per heavy atom. The first-order valence-corrected chi connectivity index (χ1v) is 7.44. The van der Waals surface area contributed by atoms with Gasteiger partial charge in [-0.1, -0.05) is 0 Å². The molecular formula is C15H26IN3O3. The van der Waals surface area contributed by atoms with Crippen LogP contribution in [0.15, 0.2) is 27.8 Å². The average Bonchev–Trinajstić information content (AvgIpc) is 3.03. The fourth-order valence-corrected chi connectivity index (χ4v) is 2.33. The van der Waals surface area contributed by atoms with E-state index in [1.807, 2.05) is 0 Å². The summed E-state index contributed by atoms with van der Waals surface area (Å²) >= 11 is 0. The van der Waals surface area contributed by atoms with Crippen molar-refractivity contribution < 1.29 is 14.3 Å². The highest BCUT2D eigenvalue weighted by Crippen LogP contribution is 2.19. The molecule has 2 heterocycles. The van der Waals surface area contributed by atoms with Crippen LogP contribution >= 0.6 is 24.0 Å². The normalized spacial score (nSPS) is 21.6. The lowest BCUT2D eigenvalue weighted by molar-refractivity contribution is 0.0191. The van der Waals surface area contributed by atoms with Gasteiger partial charge in [-0.15, -0.1) is 24.0 Å². The van der Waals surface area contributed by atoms with E-state index in [-0.39, 0.29) is 30.1 Å². The minimum Gasteiger partial charge on any atom is -0.466 e. The van der Waals surface area contributed by atoms with Crippen molar-refractivity contribution >= 4 is 29.9 Å². The first-order chi connectivity index (χ1) is 10.1. The van der Waals surface area contributed by atoms with Crippen LogP contribution in [0.3, 0.4) is 0 Å². The van der Waals surface area contributed by atoms with Crippen molar-refractivity contribution in [1.82, 2.24) is 10.6 Å². The van der Waals surface area contributed by atoms with E-state index in [2.05, 4.69) is 15.6 Å². The predicted molar refractivity (Wildman–Crippen MR) is 96.6 cm³/mol. The second-order valence-corrected chi connectivity index (χ2v) is 5.55. The van der Waals surface area contributed by atoms with E-state index in [4.69, 9.17) is 9.15 Å². The molecule has 6 nitrogen and oxygen atoms in total. The Morgan fingerprint density at radius 1 is 1.45 bits per heavy atom. The summed E-state index contributed by atoms with van der Waals surface area (Å²) in [4.78, 5) is 4.15. The van der Waals surface area contributed by atoms with Gasteiger partial charge in [-0.3, -0.25) is 4.99 Å². The predicted octanol–water partition coefficient (Wildman–Crippen LogP) is 1.84. The van der Waals surface area contributed by atoms with E-state index < -0.39 is 5.60 Å². The largest absolute Gasteiger partial charge is 0.466 e. The van der Waals surface area contributed by atoms with Gasteiger partial charge < -0.3 is 24.9 Å². The molecule has 0 saturated carbocycles. The number of nitrogens with one attached hydrogen (secondary N) is 2. The van der Waals surface area contributed by atoms with Gasteiger partial charge in [0, 0.05) is 20.2 Å². The van der Waals surface area contributed by atoms with E-state index in [9.17, 15) is 5.11 Å². The molecule has 1 saturated heterocycles. The van der Waals surface area contributed by atoms with E-state index >= 15 is 0 Å². The second kappa shape index (κ2) is 9.36. The molecule has 1 aliphatic rings. The van der Waals surface area contributed by atoms with E-state index in [0.717, 1.165) is 26.0 Å². The van der Waals surface area contributed by atoms with E-state index in [1.54, 1.807) is 32.4 Å². The number of aliphatic imine (C=N–C) groups is 1. The average molecular weight is 423 g/mol. The van der Waals surface area contributed by atoms with Crippen LogP contribution < -0.4 is 10.6 Å². The number of nitrogens with zero attached hydrogens (tertiary/aromatic N) is 1. The fourth-order valence-electron chi connectivity index (χ4n) is 2.33. The highest BCUT2D eigenvalue weighted by Gasteiger charge is 2.26. The van der Waals surface area contributed by atoms with Gasteiger partial charge in [-0.05, 0) is 38.3 Å². The van der Waals surface area contributed by atoms with Crippen molar-refractivity contribution in [3.63, 3.8) is 0 Å². The molecule has 126 valence electrons. The Morgan fingerprint density at radius 2 is 2.27 bits per heavy atom. The van der Waals surface area contributed by atoms with Gasteiger partial charge in [0.25, 0.3) is 0 Å². The molecule has 1 aliphatic heterocycles. The number of guanidine groups is 1. The minimum absolute atomic E-state index is 0. The summed E-state index contributed by atoms with van der Waals surface area (Å²) in [5, 5.41) is 16.7. The van der Waals surface area contributed by atoms with Gasteiger partial charge >= 0.3 is 0 Å². The summed E-state index contributed by atoms with van der Waals surface area (Å²) < 4.78 is 10.9. The molecule has 0 spiro atoms. The van der Waals surface area contributed by atoms with Crippen LogP contribution in [0.4, 0.5) is 0 Å².